The molecule has 0 radical (unpaired) electrons. The highest BCUT2D eigenvalue weighted by Crippen LogP contribution is 2.32. The van der Waals surface area contributed by atoms with Crippen LogP contribution in [0, 0.1) is 0 Å². The third-order valence-electron chi connectivity index (χ3n) is 3.78. The Kier molecular flexibility index (Phi) is 7.93. The molecule has 0 aliphatic rings. The monoisotopic (exact) mass is 321 g/mol. The molecule has 0 saturated heterocycles. The molecule has 1 amide bonds. The normalized spacial score (nSPS) is 11.3. The number of aromatic hydroxyl groups is 1. The first-order valence-corrected chi connectivity index (χ1v) is 8.62. The van der Waals surface area contributed by atoms with E-state index in [2.05, 4.69) is 12.2 Å². The molecule has 1 rings (SSSR count). The third kappa shape index (κ3) is 7.40. The molecule has 0 fully saturated rings. The number of phenolic OH excluding ortho intramolecular Hbond substituents is 1. The van der Waals surface area contributed by atoms with Crippen molar-refractivity contribution in [3.8, 4) is 5.75 Å². The fourth-order valence-corrected chi connectivity index (χ4v) is 2.42. The van der Waals surface area contributed by atoms with Crippen molar-refractivity contribution in [2.45, 2.75) is 71.6 Å². The van der Waals surface area contributed by atoms with Crippen molar-refractivity contribution in [2.75, 3.05) is 11.9 Å². The second kappa shape index (κ2) is 9.43. The summed E-state index contributed by atoms with van der Waals surface area (Å²) in [5.41, 5.74) is 1.25. The summed E-state index contributed by atoms with van der Waals surface area (Å²) in [5, 5.41) is 12.6. The molecule has 1 aromatic carbocycles. The molecule has 130 valence electrons. The average molecular weight is 321 g/mol. The van der Waals surface area contributed by atoms with Gasteiger partial charge in [-0.05, 0) is 30.0 Å². The lowest BCUT2D eigenvalue weighted by Crippen LogP contribution is -2.16. The van der Waals surface area contributed by atoms with Crippen LogP contribution in [0.4, 0.5) is 10.5 Å². The number of carbonyl (C=O) groups excluding carboxylic acids is 1. The van der Waals surface area contributed by atoms with Gasteiger partial charge in [-0.2, -0.15) is 0 Å². The van der Waals surface area contributed by atoms with Gasteiger partial charge in [0.15, 0.2) is 0 Å². The zero-order valence-corrected chi connectivity index (χ0v) is 14.9. The van der Waals surface area contributed by atoms with Crippen molar-refractivity contribution >= 4 is 11.8 Å². The number of ether oxygens (including phenoxy) is 1. The van der Waals surface area contributed by atoms with E-state index in [1.54, 1.807) is 18.2 Å². The molecule has 0 heterocycles. The second-order valence-electron chi connectivity index (χ2n) is 7.01. The highest BCUT2D eigenvalue weighted by molar-refractivity contribution is 5.84. The standard InChI is InChI=1S/C19H31NO3/c1-5-6-7-8-9-10-13-23-18(22)20-15-11-12-17(21)16(14-15)19(2,3)4/h11-12,14,21H,5-10,13H2,1-4H3,(H,20,22). The van der Waals surface area contributed by atoms with Crippen LogP contribution in [0.5, 0.6) is 5.75 Å². The quantitative estimate of drug-likeness (QED) is 0.484. The van der Waals surface area contributed by atoms with Crippen LogP contribution in [0.25, 0.3) is 0 Å². The maximum atomic E-state index is 11.8. The van der Waals surface area contributed by atoms with Gasteiger partial charge in [0.25, 0.3) is 0 Å². The van der Waals surface area contributed by atoms with E-state index in [0.29, 0.717) is 12.3 Å². The van der Waals surface area contributed by atoms with Gasteiger partial charge >= 0.3 is 6.09 Å². The second-order valence-corrected chi connectivity index (χ2v) is 7.01. The number of carbonyl (C=O) groups is 1. The maximum absolute atomic E-state index is 11.8. The molecule has 0 bridgehead atoms. The molecule has 0 saturated carbocycles. The van der Waals surface area contributed by atoms with Crippen molar-refractivity contribution < 1.29 is 14.6 Å². The zero-order chi connectivity index (χ0) is 17.3. The van der Waals surface area contributed by atoms with E-state index < -0.39 is 6.09 Å². The van der Waals surface area contributed by atoms with Gasteiger partial charge in [-0.25, -0.2) is 4.79 Å². The van der Waals surface area contributed by atoms with E-state index in [9.17, 15) is 9.90 Å². The van der Waals surface area contributed by atoms with E-state index in [4.69, 9.17) is 4.74 Å². The Morgan fingerprint density at radius 2 is 1.78 bits per heavy atom. The van der Waals surface area contributed by atoms with Crippen LogP contribution >= 0.6 is 0 Å². The van der Waals surface area contributed by atoms with Crippen LogP contribution in [-0.2, 0) is 10.2 Å². The number of rotatable bonds is 8. The van der Waals surface area contributed by atoms with Crippen molar-refractivity contribution in [1.82, 2.24) is 0 Å². The van der Waals surface area contributed by atoms with Crippen molar-refractivity contribution in [3.63, 3.8) is 0 Å². The van der Waals surface area contributed by atoms with Crippen molar-refractivity contribution in [3.05, 3.63) is 23.8 Å². The summed E-state index contributed by atoms with van der Waals surface area (Å²) in [7, 11) is 0. The Morgan fingerprint density at radius 1 is 1.13 bits per heavy atom. The van der Waals surface area contributed by atoms with Crippen LogP contribution < -0.4 is 5.32 Å². The van der Waals surface area contributed by atoms with Crippen LogP contribution in [0.3, 0.4) is 0 Å². The van der Waals surface area contributed by atoms with Gasteiger partial charge in [-0.15, -0.1) is 0 Å². The molecule has 0 unspecified atom stereocenters. The first-order valence-electron chi connectivity index (χ1n) is 8.62. The van der Waals surface area contributed by atoms with Gasteiger partial charge in [0.2, 0.25) is 0 Å². The summed E-state index contributed by atoms with van der Waals surface area (Å²) in [4.78, 5) is 11.8. The number of nitrogens with one attached hydrogen (secondary N) is 1. The molecule has 0 aliphatic carbocycles. The van der Waals surface area contributed by atoms with Gasteiger partial charge in [0, 0.05) is 11.3 Å². The topological polar surface area (TPSA) is 58.6 Å². The molecule has 0 spiro atoms. The SMILES string of the molecule is CCCCCCCCOC(=O)Nc1ccc(O)c(C(C)(C)C)c1. The minimum atomic E-state index is -0.441. The zero-order valence-electron chi connectivity index (χ0n) is 14.9. The highest BCUT2D eigenvalue weighted by Gasteiger charge is 2.18. The maximum Gasteiger partial charge on any atom is 0.411 e. The molecular formula is C19H31NO3. The molecule has 0 aliphatic heterocycles. The van der Waals surface area contributed by atoms with E-state index >= 15 is 0 Å². The molecular weight excluding hydrogens is 290 g/mol. The van der Waals surface area contributed by atoms with Gasteiger partial charge in [0.1, 0.15) is 5.75 Å². The molecule has 2 N–H and O–H groups in total. The number of hydrogen-bond acceptors (Lipinski definition) is 3. The summed E-state index contributed by atoms with van der Waals surface area (Å²) in [6.45, 7) is 8.69. The smallest absolute Gasteiger partial charge is 0.411 e. The fraction of sp³-hybridized carbons (Fsp3) is 0.632. The van der Waals surface area contributed by atoms with Gasteiger partial charge in [-0.1, -0.05) is 59.8 Å². The number of phenols is 1. The largest absolute Gasteiger partial charge is 0.508 e. The van der Waals surface area contributed by atoms with Gasteiger partial charge < -0.3 is 9.84 Å². The predicted octanol–water partition coefficient (Wildman–Crippen LogP) is 5.60. The molecule has 4 heteroatoms. The Labute approximate surface area is 140 Å². The lowest BCUT2D eigenvalue weighted by atomic mass is 9.86. The first-order chi connectivity index (χ1) is 10.8. The fourth-order valence-electron chi connectivity index (χ4n) is 2.42. The van der Waals surface area contributed by atoms with Gasteiger partial charge in [0.05, 0.1) is 6.61 Å². The number of hydrogen-bond donors (Lipinski definition) is 2. The molecule has 0 aromatic heterocycles. The lowest BCUT2D eigenvalue weighted by molar-refractivity contribution is 0.159. The highest BCUT2D eigenvalue weighted by atomic mass is 16.5. The minimum Gasteiger partial charge on any atom is -0.508 e. The first kappa shape index (κ1) is 19.3. The molecule has 4 nitrogen and oxygen atoms in total. The van der Waals surface area contributed by atoms with Crippen LogP contribution in [-0.4, -0.2) is 17.8 Å². The Balaban J connectivity index is 2.37. The van der Waals surface area contributed by atoms with E-state index in [1.807, 2.05) is 20.8 Å². The summed E-state index contributed by atoms with van der Waals surface area (Å²) >= 11 is 0. The molecule has 23 heavy (non-hydrogen) atoms. The van der Waals surface area contributed by atoms with E-state index in [-0.39, 0.29) is 11.2 Å². The minimum absolute atomic E-state index is 0.190. The lowest BCUT2D eigenvalue weighted by Gasteiger charge is -2.21. The summed E-state index contributed by atoms with van der Waals surface area (Å²) in [5.74, 6) is 0.239. The van der Waals surface area contributed by atoms with Crippen molar-refractivity contribution in [2.24, 2.45) is 0 Å². The van der Waals surface area contributed by atoms with Gasteiger partial charge in [-0.3, -0.25) is 5.32 Å². The van der Waals surface area contributed by atoms with Crippen LogP contribution in [0.1, 0.15) is 71.8 Å². The number of unbranched alkanes of at least 4 members (excludes halogenated alkanes) is 5. The van der Waals surface area contributed by atoms with Crippen LogP contribution in [0.2, 0.25) is 0 Å². The number of benzene rings is 1. The Hall–Kier alpha value is -1.71. The molecule has 0 atom stereocenters. The van der Waals surface area contributed by atoms with E-state index in [1.165, 1.54) is 25.7 Å². The summed E-state index contributed by atoms with van der Waals surface area (Å²) < 4.78 is 5.20. The molecule has 1 aromatic rings. The summed E-state index contributed by atoms with van der Waals surface area (Å²) in [6, 6.07) is 5.07. The number of anilines is 1. The average Bonchev–Trinajstić information content (AvgIpc) is 2.47. The predicted molar refractivity (Wildman–Crippen MR) is 95.2 cm³/mol. The Bertz CT molecular complexity index is 492. The van der Waals surface area contributed by atoms with E-state index in [0.717, 1.165) is 18.4 Å². The third-order valence-corrected chi connectivity index (χ3v) is 3.78. The van der Waals surface area contributed by atoms with Crippen molar-refractivity contribution in [1.29, 1.82) is 0 Å². The summed E-state index contributed by atoms with van der Waals surface area (Å²) in [6.07, 6.45) is 6.53. The Morgan fingerprint density at radius 3 is 2.43 bits per heavy atom. The number of amides is 1. The van der Waals surface area contributed by atoms with Crippen LogP contribution in [0.15, 0.2) is 18.2 Å².